The first-order valence-corrected chi connectivity index (χ1v) is 44.1. The molecule has 0 bridgehead atoms. The molecule has 91 heavy (non-hydrogen) atoms. The molecule has 0 saturated carbocycles. The van der Waals surface area contributed by atoms with E-state index in [1.807, 2.05) is 0 Å². The summed E-state index contributed by atoms with van der Waals surface area (Å²) in [5.41, 5.74) is 0. The first-order chi connectivity index (χ1) is 45.0. The molecule has 552 valence electrons. The molecule has 0 rings (SSSR count). The van der Waals surface area contributed by atoms with E-state index in [1.54, 1.807) is 0 Å². The minimum Gasteiger partial charge on any atom is -0.306 e. The third-order valence-corrected chi connectivity index (χ3v) is 20.7. The maximum atomic E-state index is 2.69. The van der Waals surface area contributed by atoms with Gasteiger partial charge in [-0.3, -0.25) is 0 Å². The zero-order valence-corrected chi connectivity index (χ0v) is 66.2. The molecule has 0 aromatic heterocycles. The maximum absolute atomic E-state index is 2.69. The van der Waals surface area contributed by atoms with Gasteiger partial charge in [0.1, 0.15) is 0 Å². The van der Waals surface area contributed by atoms with Crippen LogP contribution in [-0.4, -0.2) is 74.6 Å². The van der Waals surface area contributed by atoms with Gasteiger partial charge in [0.05, 0.1) is 0 Å². The lowest BCUT2D eigenvalue weighted by atomic mass is 10.0. The molecule has 0 fully saturated rings. The Labute approximate surface area is 582 Å². The van der Waals surface area contributed by atoms with Crippen LogP contribution in [0.2, 0.25) is 0 Å². The minimum absolute atomic E-state index is 1.24. The fourth-order valence-corrected chi connectivity index (χ4v) is 13.9. The van der Waals surface area contributed by atoms with Gasteiger partial charge in [-0.2, -0.15) is 0 Å². The second kappa shape index (κ2) is 91.9. The predicted octanol–water partition coefficient (Wildman–Crippen LogP) is 31.4. The van der Waals surface area contributed by atoms with E-state index in [-0.39, 0.29) is 0 Å². The summed E-state index contributed by atoms with van der Waals surface area (Å²) in [5.74, 6) is 0. The SMILES string of the molecule is CCCCCCCCCCCCCCCCN(C)CCCCCCCCCCCCCCCC.CCCCCCCCCCCCCCN(C)CCCCCCCCCCCCCC.CCCCCCCCCCCCN(CC)CCCCCCCCCCCC. The molecule has 0 heterocycles. The van der Waals surface area contributed by atoms with Crippen molar-refractivity contribution in [2.75, 3.05) is 59.9 Å². The van der Waals surface area contributed by atoms with E-state index in [0.29, 0.717) is 0 Å². The lowest BCUT2D eigenvalue weighted by Crippen LogP contribution is -2.25. The maximum Gasteiger partial charge on any atom is -0.00189 e. The normalized spacial score (nSPS) is 11.6. The molecule has 0 saturated heterocycles. The van der Waals surface area contributed by atoms with Crippen molar-refractivity contribution in [1.82, 2.24) is 14.7 Å². The Hall–Kier alpha value is -0.120. The molecule has 0 aromatic carbocycles. The summed E-state index contributed by atoms with van der Waals surface area (Å²) in [5, 5.41) is 0. The highest BCUT2D eigenvalue weighted by molar-refractivity contribution is 4.61. The topological polar surface area (TPSA) is 9.72 Å². The van der Waals surface area contributed by atoms with Gasteiger partial charge in [-0.15, -0.1) is 0 Å². The van der Waals surface area contributed by atoms with Crippen LogP contribution in [0, 0.1) is 0 Å². The van der Waals surface area contributed by atoms with Crippen LogP contribution in [0.25, 0.3) is 0 Å². The Bertz CT molecular complexity index is 1070. The van der Waals surface area contributed by atoms with Crippen molar-refractivity contribution in [2.45, 2.75) is 511 Å². The van der Waals surface area contributed by atoms with Crippen LogP contribution in [0.15, 0.2) is 0 Å². The fraction of sp³-hybridized carbons (Fsp3) is 1.00. The summed E-state index contributed by atoms with van der Waals surface area (Å²) in [6.45, 7) is 25.3. The fourth-order valence-electron chi connectivity index (χ4n) is 13.9. The van der Waals surface area contributed by atoms with Crippen molar-refractivity contribution in [3.05, 3.63) is 0 Å². The van der Waals surface area contributed by atoms with E-state index in [4.69, 9.17) is 0 Å². The molecule has 0 aliphatic rings. The first kappa shape index (κ1) is 95.1. The third kappa shape index (κ3) is 94.1. The van der Waals surface area contributed by atoms with Crippen molar-refractivity contribution in [2.24, 2.45) is 0 Å². The summed E-state index contributed by atoms with van der Waals surface area (Å²) >= 11 is 0. The Morgan fingerprint density at radius 2 is 0.220 bits per heavy atom. The van der Waals surface area contributed by atoms with Gasteiger partial charge in [-0.1, -0.05) is 472 Å². The van der Waals surface area contributed by atoms with Crippen LogP contribution in [0.1, 0.15) is 511 Å². The number of nitrogens with zero attached hydrogens (tertiary/aromatic N) is 3. The zero-order chi connectivity index (χ0) is 66.6. The molecule has 0 aliphatic carbocycles. The van der Waals surface area contributed by atoms with Gasteiger partial charge < -0.3 is 14.7 Å². The van der Waals surface area contributed by atoms with Gasteiger partial charge in [0.2, 0.25) is 0 Å². The smallest absolute Gasteiger partial charge is 0.00189 e. The lowest BCUT2D eigenvalue weighted by molar-refractivity contribution is 0.273. The van der Waals surface area contributed by atoms with Gasteiger partial charge in [-0.05, 0) is 98.4 Å². The largest absolute Gasteiger partial charge is 0.306 e. The molecular formula is C88H185N3. The molecule has 0 spiro atoms. The molecule has 0 N–H and O–H groups in total. The van der Waals surface area contributed by atoms with Crippen molar-refractivity contribution in [1.29, 1.82) is 0 Å². The Morgan fingerprint density at radius 1 is 0.121 bits per heavy atom. The van der Waals surface area contributed by atoms with E-state index >= 15 is 0 Å². The van der Waals surface area contributed by atoms with Crippen LogP contribution >= 0.6 is 0 Å². The highest BCUT2D eigenvalue weighted by Gasteiger charge is 2.05. The average molecular weight is 1290 g/mol. The monoisotopic (exact) mass is 1280 g/mol. The summed E-state index contributed by atoms with van der Waals surface area (Å²) in [6.07, 6.45) is 105. The van der Waals surface area contributed by atoms with Crippen LogP contribution in [0.4, 0.5) is 0 Å². The molecular weight excluding hydrogens is 1100 g/mol. The second-order valence-corrected chi connectivity index (χ2v) is 30.4. The average Bonchev–Trinajstić information content (AvgIpc) is 3.57. The minimum atomic E-state index is 1.24. The van der Waals surface area contributed by atoms with Crippen molar-refractivity contribution in [3.63, 3.8) is 0 Å². The van der Waals surface area contributed by atoms with Gasteiger partial charge in [0, 0.05) is 0 Å². The van der Waals surface area contributed by atoms with Crippen molar-refractivity contribution >= 4 is 0 Å². The van der Waals surface area contributed by atoms with Crippen LogP contribution in [0.5, 0.6) is 0 Å². The summed E-state index contributed by atoms with van der Waals surface area (Å²) in [6, 6.07) is 0. The molecule has 0 unspecified atom stereocenters. The van der Waals surface area contributed by atoms with E-state index in [2.05, 4.69) is 77.3 Å². The van der Waals surface area contributed by atoms with Gasteiger partial charge in [-0.25, -0.2) is 0 Å². The molecule has 3 nitrogen and oxygen atoms in total. The number of unbranched alkanes of at least 4 members (excludes halogenated alkanes) is 66. The highest BCUT2D eigenvalue weighted by atomic mass is 15.1. The highest BCUT2D eigenvalue weighted by Crippen LogP contribution is 2.19. The van der Waals surface area contributed by atoms with Crippen molar-refractivity contribution in [3.8, 4) is 0 Å². The van der Waals surface area contributed by atoms with Crippen molar-refractivity contribution < 1.29 is 0 Å². The lowest BCUT2D eigenvalue weighted by Gasteiger charge is -2.20. The summed E-state index contributed by atoms with van der Waals surface area (Å²) < 4.78 is 0. The number of hydrogen-bond acceptors (Lipinski definition) is 3. The second-order valence-electron chi connectivity index (χ2n) is 30.4. The molecule has 0 amide bonds. The standard InChI is InChI=1S/C33H69N.C29H61N.C26H55N/c1-4-6-8-10-12-14-16-18-20-22-24-26-28-30-32-34(3)33-31-29-27-25-23-21-19-17-15-13-11-9-7-5-2;1-4-6-8-10-12-14-16-18-20-22-24-26-28-30(3)29-27-25-23-21-19-17-15-13-11-9-7-5-2;1-4-7-9-11-13-15-17-19-21-23-25-27(6-3)26-24-22-20-18-16-14-12-10-8-5-2/h4-33H2,1-3H3;4-29H2,1-3H3;4-26H2,1-3H3. The van der Waals surface area contributed by atoms with Gasteiger partial charge in [0.25, 0.3) is 0 Å². The Kier molecular flexibility index (Phi) is 96.0. The summed E-state index contributed by atoms with van der Waals surface area (Å²) in [7, 11) is 4.67. The van der Waals surface area contributed by atoms with Gasteiger partial charge >= 0.3 is 0 Å². The predicted molar refractivity (Wildman–Crippen MR) is 424 cm³/mol. The van der Waals surface area contributed by atoms with Crippen LogP contribution in [0.3, 0.4) is 0 Å². The van der Waals surface area contributed by atoms with E-state index in [1.165, 1.54) is 508 Å². The molecule has 0 radical (unpaired) electrons. The van der Waals surface area contributed by atoms with Crippen LogP contribution in [-0.2, 0) is 0 Å². The van der Waals surface area contributed by atoms with E-state index in [9.17, 15) is 0 Å². The first-order valence-electron chi connectivity index (χ1n) is 44.1. The zero-order valence-electron chi connectivity index (χ0n) is 66.2. The Morgan fingerprint density at radius 3 is 0.330 bits per heavy atom. The molecule has 0 aliphatic heterocycles. The third-order valence-electron chi connectivity index (χ3n) is 20.7. The molecule has 0 aromatic rings. The number of rotatable bonds is 79. The number of hydrogen-bond donors (Lipinski definition) is 0. The molecule has 0 atom stereocenters. The van der Waals surface area contributed by atoms with E-state index in [0.717, 1.165) is 0 Å². The van der Waals surface area contributed by atoms with Gasteiger partial charge in [0.15, 0.2) is 0 Å². The quantitative estimate of drug-likeness (QED) is 0.0562. The summed E-state index contributed by atoms with van der Waals surface area (Å²) in [4.78, 5) is 7.85. The van der Waals surface area contributed by atoms with Crippen LogP contribution < -0.4 is 0 Å². The Balaban J connectivity index is -0.00000129. The molecule has 3 heteroatoms. The van der Waals surface area contributed by atoms with E-state index < -0.39 is 0 Å².